The summed E-state index contributed by atoms with van der Waals surface area (Å²) in [5, 5.41) is 12.1. The first-order chi connectivity index (χ1) is 8.35. The molecule has 0 radical (unpaired) electrons. The molecule has 2 nitrogen and oxygen atoms in total. The zero-order valence-corrected chi connectivity index (χ0v) is 11.6. The van der Waals surface area contributed by atoms with Crippen LogP contribution >= 0.6 is 0 Å². The zero-order chi connectivity index (χ0) is 12.8. The molecule has 0 aliphatic rings. The highest BCUT2D eigenvalue weighted by Gasteiger charge is 2.05. The molecule has 0 saturated carbocycles. The third-order valence-corrected chi connectivity index (χ3v) is 3.22. The van der Waals surface area contributed by atoms with Crippen LogP contribution in [0.25, 0.3) is 0 Å². The second-order valence-corrected chi connectivity index (χ2v) is 4.84. The number of hydrogen-bond acceptors (Lipinski definition) is 2. The second-order valence-electron chi connectivity index (χ2n) is 4.84. The molecule has 2 heteroatoms. The lowest BCUT2D eigenvalue weighted by Gasteiger charge is -2.16. The van der Waals surface area contributed by atoms with Crippen molar-refractivity contribution in [1.82, 2.24) is 5.32 Å². The van der Waals surface area contributed by atoms with Crippen molar-refractivity contribution >= 4 is 0 Å². The van der Waals surface area contributed by atoms with Gasteiger partial charge >= 0.3 is 0 Å². The Kier molecular flexibility index (Phi) is 13.2. The van der Waals surface area contributed by atoms with E-state index in [1.54, 1.807) is 6.20 Å². The third-order valence-electron chi connectivity index (χ3n) is 3.22. The molecular formula is C15H31NO. The van der Waals surface area contributed by atoms with Gasteiger partial charge in [-0.25, -0.2) is 0 Å². The molecular weight excluding hydrogens is 210 g/mol. The molecule has 1 atom stereocenters. The number of unbranched alkanes of at least 4 members (excludes halogenated alkanes) is 6. The van der Waals surface area contributed by atoms with Gasteiger partial charge in [0.2, 0.25) is 0 Å². The molecule has 0 saturated heterocycles. The van der Waals surface area contributed by atoms with Crippen LogP contribution < -0.4 is 5.32 Å². The molecule has 0 spiro atoms. The first-order valence-electron chi connectivity index (χ1n) is 7.33. The molecule has 0 aliphatic carbocycles. The normalized spacial score (nSPS) is 12.4. The number of aliphatic hydroxyl groups is 1. The van der Waals surface area contributed by atoms with Crippen LogP contribution in [-0.2, 0) is 0 Å². The molecule has 0 heterocycles. The molecule has 102 valence electrons. The standard InChI is InChI=1S/C15H31NO/c1-3-5-6-7-8-9-10-12-15(16-4-2)13-11-14-17/h4,15-17H,2-3,5-14H2,1H3. The number of hydrogen-bond donors (Lipinski definition) is 2. The average molecular weight is 241 g/mol. The van der Waals surface area contributed by atoms with Crippen molar-refractivity contribution in [2.24, 2.45) is 0 Å². The Labute approximate surface area is 108 Å². The van der Waals surface area contributed by atoms with E-state index in [0.717, 1.165) is 12.8 Å². The van der Waals surface area contributed by atoms with Crippen LogP contribution in [0.4, 0.5) is 0 Å². The SMILES string of the molecule is C=CNC(CCCO)CCCCCCCCC. The van der Waals surface area contributed by atoms with Crippen LogP contribution in [0.15, 0.2) is 12.8 Å². The molecule has 0 aliphatic heterocycles. The van der Waals surface area contributed by atoms with Crippen molar-refractivity contribution in [3.8, 4) is 0 Å². The van der Waals surface area contributed by atoms with Crippen molar-refractivity contribution < 1.29 is 5.11 Å². The van der Waals surface area contributed by atoms with Gasteiger partial charge in [0.1, 0.15) is 0 Å². The first kappa shape index (κ1) is 16.5. The lowest BCUT2D eigenvalue weighted by Crippen LogP contribution is -2.24. The van der Waals surface area contributed by atoms with Gasteiger partial charge in [-0.2, -0.15) is 0 Å². The predicted octanol–water partition coefficient (Wildman–Crippen LogP) is 4.00. The smallest absolute Gasteiger partial charge is 0.0431 e. The van der Waals surface area contributed by atoms with Crippen molar-refractivity contribution in [1.29, 1.82) is 0 Å². The second kappa shape index (κ2) is 13.6. The van der Waals surface area contributed by atoms with Gasteiger partial charge in [0.05, 0.1) is 0 Å². The summed E-state index contributed by atoms with van der Waals surface area (Å²) in [6, 6.07) is 0.510. The summed E-state index contributed by atoms with van der Waals surface area (Å²) in [5.74, 6) is 0. The predicted molar refractivity (Wildman–Crippen MR) is 76.1 cm³/mol. The van der Waals surface area contributed by atoms with E-state index in [9.17, 15) is 0 Å². The van der Waals surface area contributed by atoms with Gasteiger partial charge in [0, 0.05) is 12.6 Å². The van der Waals surface area contributed by atoms with Crippen LogP contribution in [0.5, 0.6) is 0 Å². The Balaban J connectivity index is 3.36. The molecule has 1 unspecified atom stereocenters. The maximum Gasteiger partial charge on any atom is 0.0431 e. The largest absolute Gasteiger partial charge is 0.396 e. The Hall–Kier alpha value is -0.500. The lowest BCUT2D eigenvalue weighted by atomic mass is 10.0. The van der Waals surface area contributed by atoms with Crippen LogP contribution in [0.1, 0.15) is 71.1 Å². The van der Waals surface area contributed by atoms with Crippen LogP contribution in [-0.4, -0.2) is 17.8 Å². The van der Waals surface area contributed by atoms with Gasteiger partial charge in [0.25, 0.3) is 0 Å². The minimum atomic E-state index is 0.298. The highest BCUT2D eigenvalue weighted by Crippen LogP contribution is 2.11. The fourth-order valence-corrected chi connectivity index (χ4v) is 2.16. The van der Waals surface area contributed by atoms with E-state index in [1.165, 1.54) is 51.4 Å². The summed E-state index contributed by atoms with van der Waals surface area (Å²) < 4.78 is 0. The van der Waals surface area contributed by atoms with Gasteiger partial charge < -0.3 is 10.4 Å². The molecule has 0 rings (SSSR count). The lowest BCUT2D eigenvalue weighted by molar-refractivity contribution is 0.274. The van der Waals surface area contributed by atoms with Crippen LogP contribution in [0.3, 0.4) is 0 Å². The summed E-state index contributed by atoms with van der Waals surface area (Å²) in [6.07, 6.45) is 14.5. The summed E-state index contributed by atoms with van der Waals surface area (Å²) in [6.45, 7) is 6.27. The maximum atomic E-state index is 8.82. The van der Waals surface area contributed by atoms with Crippen molar-refractivity contribution in [3.05, 3.63) is 12.8 Å². The molecule has 0 bridgehead atoms. The van der Waals surface area contributed by atoms with E-state index in [0.29, 0.717) is 12.6 Å². The molecule has 17 heavy (non-hydrogen) atoms. The minimum Gasteiger partial charge on any atom is -0.396 e. The number of aliphatic hydroxyl groups excluding tert-OH is 1. The molecule has 0 aromatic rings. The minimum absolute atomic E-state index is 0.298. The molecule has 0 amide bonds. The van der Waals surface area contributed by atoms with Gasteiger partial charge in [-0.05, 0) is 25.5 Å². The maximum absolute atomic E-state index is 8.82. The van der Waals surface area contributed by atoms with Gasteiger partial charge in [-0.3, -0.25) is 0 Å². The fraction of sp³-hybridized carbons (Fsp3) is 0.867. The Morgan fingerprint density at radius 3 is 2.18 bits per heavy atom. The monoisotopic (exact) mass is 241 g/mol. The summed E-state index contributed by atoms with van der Waals surface area (Å²) in [7, 11) is 0. The summed E-state index contributed by atoms with van der Waals surface area (Å²) in [4.78, 5) is 0. The van der Waals surface area contributed by atoms with E-state index >= 15 is 0 Å². The van der Waals surface area contributed by atoms with E-state index in [1.807, 2.05) is 0 Å². The van der Waals surface area contributed by atoms with Crippen LogP contribution in [0.2, 0.25) is 0 Å². The van der Waals surface area contributed by atoms with Crippen molar-refractivity contribution in [2.45, 2.75) is 77.2 Å². The third kappa shape index (κ3) is 11.8. The number of rotatable bonds is 13. The molecule has 0 aromatic carbocycles. The fourth-order valence-electron chi connectivity index (χ4n) is 2.16. The Morgan fingerprint density at radius 2 is 1.59 bits per heavy atom. The first-order valence-corrected chi connectivity index (χ1v) is 7.33. The Bertz CT molecular complexity index is 159. The topological polar surface area (TPSA) is 32.3 Å². The van der Waals surface area contributed by atoms with E-state index in [2.05, 4.69) is 18.8 Å². The number of nitrogens with one attached hydrogen (secondary N) is 1. The van der Waals surface area contributed by atoms with Crippen LogP contribution in [0, 0.1) is 0 Å². The molecule has 0 aromatic heterocycles. The highest BCUT2D eigenvalue weighted by molar-refractivity contribution is 4.74. The Morgan fingerprint density at radius 1 is 1.00 bits per heavy atom. The summed E-state index contributed by atoms with van der Waals surface area (Å²) >= 11 is 0. The van der Waals surface area contributed by atoms with E-state index in [4.69, 9.17) is 5.11 Å². The van der Waals surface area contributed by atoms with Gasteiger partial charge in [-0.1, -0.05) is 58.4 Å². The van der Waals surface area contributed by atoms with Crippen molar-refractivity contribution in [3.63, 3.8) is 0 Å². The van der Waals surface area contributed by atoms with Gasteiger partial charge in [-0.15, -0.1) is 0 Å². The highest BCUT2D eigenvalue weighted by atomic mass is 16.2. The zero-order valence-electron chi connectivity index (χ0n) is 11.6. The molecule has 0 fully saturated rings. The molecule has 2 N–H and O–H groups in total. The summed E-state index contributed by atoms with van der Waals surface area (Å²) in [5.41, 5.74) is 0. The van der Waals surface area contributed by atoms with E-state index < -0.39 is 0 Å². The van der Waals surface area contributed by atoms with Gasteiger partial charge in [0.15, 0.2) is 0 Å². The van der Waals surface area contributed by atoms with Crippen molar-refractivity contribution in [2.75, 3.05) is 6.61 Å². The quantitative estimate of drug-likeness (QED) is 0.478. The average Bonchev–Trinajstić information content (AvgIpc) is 2.34. The van der Waals surface area contributed by atoms with E-state index in [-0.39, 0.29) is 0 Å².